The van der Waals surface area contributed by atoms with Crippen LogP contribution in [0.2, 0.25) is 0 Å². The van der Waals surface area contributed by atoms with Crippen molar-refractivity contribution in [3.05, 3.63) is 47.8 Å². The molecule has 1 fully saturated rings. The highest BCUT2D eigenvalue weighted by molar-refractivity contribution is 5.66. The molecule has 4 rings (SSSR count). The number of fused-ring (bicyclic) bond motifs is 3. The maximum atomic E-state index is 6.29. The van der Waals surface area contributed by atoms with Crippen molar-refractivity contribution in [2.24, 2.45) is 5.92 Å². The Morgan fingerprint density at radius 2 is 2.04 bits per heavy atom. The van der Waals surface area contributed by atoms with Gasteiger partial charge in [0, 0.05) is 6.20 Å². The molecule has 3 heterocycles. The van der Waals surface area contributed by atoms with E-state index < -0.39 is 0 Å². The van der Waals surface area contributed by atoms with Crippen LogP contribution in [-0.4, -0.2) is 36.2 Å². The average molecular weight is 311 g/mol. The lowest BCUT2D eigenvalue weighted by molar-refractivity contribution is 0.0242. The number of benzene rings is 1. The van der Waals surface area contributed by atoms with Crippen molar-refractivity contribution in [3.63, 3.8) is 0 Å². The number of ether oxygens (including phenoxy) is 1. The highest BCUT2D eigenvalue weighted by atomic mass is 16.5. The van der Waals surface area contributed by atoms with Crippen molar-refractivity contribution in [1.82, 2.24) is 9.47 Å². The zero-order valence-corrected chi connectivity index (χ0v) is 14.0. The third-order valence-electron chi connectivity index (χ3n) is 5.08. The number of rotatable bonds is 3. The van der Waals surface area contributed by atoms with Crippen LogP contribution in [0, 0.1) is 12.8 Å². The number of aromatic nitrogens is 1. The standard InChI is InChI=1S/C19H25N3O/c1-14-5-6-17-16(12-14)20-19(18-4-3-9-22(17)18)23-13-15-7-10-21(2)11-8-15/h3-6,9,12,15,19-20H,7-8,10-11,13H2,1-2H3. The molecule has 2 aliphatic rings. The van der Waals surface area contributed by atoms with Gasteiger partial charge in [0.2, 0.25) is 0 Å². The summed E-state index contributed by atoms with van der Waals surface area (Å²) >= 11 is 0. The van der Waals surface area contributed by atoms with Crippen LogP contribution in [0.25, 0.3) is 5.69 Å². The predicted octanol–water partition coefficient (Wildman–Crippen LogP) is 3.57. The fraction of sp³-hybridized carbons (Fsp3) is 0.474. The number of hydrogen-bond acceptors (Lipinski definition) is 3. The molecule has 2 aliphatic heterocycles. The first kappa shape index (κ1) is 14.8. The Morgan fingerprint density at radius 3 is 2.87 bits per heavy atom. The summed E-state index contributed by atoms with van der Waals surface area (Å²) in [5.74, 6) is 0.676. The molecule has 4 nitrogen and oxygen atoms in total. The van der Waals surface area contributed by atoms with E-state index in [0.717, 1.165) is 12.3 Å². The first-order valence-electron chi connectivity index (χ1n) is 8.55. The van der Waals surface area contributed by atoms with E-state index in [1.807, 2.05) is 0 Å². The van der Waals surface area contributed by atoms with E-state index in [9.17, 15) is 0 Å². The van der Waals surface area contributed by atoms with Gasteiger partial charge in [0.05, 0.1) is 23.7 Å². The van der Waals surface area contributed by atoms with Crippen molar-refractivity contribution in [2.75, 3.05) is 32.1 Å². The van der Waals surface area contributed by atoms with Gasteiger partial charge in [0.15, 0.2) is 6.23 Å². The van der Waals surface area contributed by atoms with Crippen LogP contribution in [0.5, 0.6) is 0 Å². The molecule has 4 heteroatoms. The van der Waals surface area contributed by atoms with Crippen LogP contribution in [-0.2, 0) is 4.74 Å². The summed E-state index contributed by atoms with van der Waals surface area (Å²) in [6.45, 7) is 5.33. The second-order valence-electron chi connectivity index (χ2n) is 6.93. The summed E-state index contributed by atoms with van der Waals surface area (Å²) in [6.07, 6.45) is 4.54. The third kappa shape index (κ3) is 2.89. The van der Waals surface area contributed by atoms with Crippen molar-refractivity contribution in [1.29, 1.82) is 0 Å². The smallest absolute Gasteiger partial charge is 0.169 e. The van der Waals surface area contributed by atoms with Gasteiger partial charge >= 0.3 is 0 Å². The van der Waals surface area contributed by atoms with E-state index in [-0.39, 0.29) is 6.23 Å². The van der Waals surface area contributed by atoms with Gasteiger partial charge in [-0.2, -0.15) is 0 Å². The van der Waals surface area contributed by atoms with Crippen LogP contribution in [0.4, 0.5) is 5.69 Å². The number of likely N-dealkylation sites (tertiary alicyclic amines) is 1. The van der Waals surface area contributed by atoms with Gasteiger partial charge in [-0.15, -0.1) is 0 Å². The molecule has 1 atom stereocenters. The zero-order chi connectivity index (χ0) is 15.8. The number of nitrogens with zero attached hydrogens (tertiary/aromatic N) is 2. The molecular formula is C19H25N3O. The van der Waals surface area contributed by atoms with Gasteiger partial charge in [0.1, 0.15) is 0 Å². The maximum absolute atomic E-state index is 6.29. The van der Waals surface area contributed by atoms with E-state index in [2.05, 4.69) is 65.3 Å². The van der Waals surface area contributed by atoms with Gasteiger partial charge in [-0.1, -0.05) is 6.07 Å². The van der Waals surface area contributed by atoms with E-state index in [0.29, 0.717) is 5.92 Å². The number of anilines is 1. The van der Waals surface area contributed by atoms with Gasteiger partial charge in [-0.3, -0.25) is 0 Å². The van der Waals surface area contributed by atoms with Gasteiger partial charge in [0.25, 0.3) is 0 Å². The van der Waals surface area contributed by atoms with Crippen molar-refractivity contribution in [2.45, 2.75) is 26.0 Å². The number of hydrogen-bond donors (Lipinski definition) is 1. The molecule has 2 aromatic rings. The lowest BCUT2D eigenvalue weighted by Gasteiger charge is -2.33. The minimum atomic E-state index is -0.0565. The van der Waals surface area contributed by atoms with Crippen LogP contribution < -0.4 is 5.32 Å². The first-order valence-corrected chi connectivity index (χ1v) is 8.55. The molecule has 0 saturated carbocycles. The van der Waals surface area contributed by atoms with E-state index in [1.54, 1.807) is 0 Å². The normalized spacial score (nSPS) is 21.6. The molecule has 0 bridgehead atoms. The SMILES string of the molecule is Cc1ccc2c(c1)NC(OCC1CCN(C)CC1)c1cccn1-2. The molecular weight excluding hydrogens is 286 g/mol. The summed E-state index contributed by atoms with van der Waals surface area (Å²) < 4.78 is 8.53. The molecule has 0 radical (unpaired) electrons. The highest BCUT2D eigenvalue weighted by Gasteiger charge is 2.26. The Hall–Kier alpha value is -1.78. The Morgan fingerprint density at radius 1 is 1.22 bits per heavy atom. The molecule has 1 saturated heterocycles. The number of nitrogens with one attached hydrogen (secondary N) is 1. The van der Waals surface area contributed by atoms with Crippen LogP contribution >= 0.6 is 0 Å². The Labute approximate surface area is 138 Å². The summed E-state index contributed by atoms with van der Waals surface area (Å²) in [4.78, 5) is 2.40. The minimum Gasteiger partial charge on any atom is -0.353 e. The fourth-order valence-electron chi connectivity index (χ4n) is 3.61. The average Bonchev–Trinajstić information content (AvgIpc) is 3.03. The van der Waals surface area contributed by atoms with Gasteiger partial charge < -0.3 is 19.5 Å². The molecule has 1 aromatic carbocycles. The maximum Gasteiger partial charge on any atom is 0.169 e. The lowest BCUT2D eigenvalue weighted by atomic mass is 9.98. The Bertz CT molecular complexity index is 686. The molecule has 1 unspecified atom stereocenters. The van der Waals surface area contributed by atoms with Crippen molar-refractivity contribution < 1.29 is 4.74 Å². The monoisotopic (exact) mass is 311 g/mol. The quantitative estimate of drug-likeness (QED) is 0.940. The highest BCUT2D eigenvalue weighted by Crippen LogP contribution is 2.35. The fourth-order valence-corrected chi connectivity index (χ4v) is 3.61. The van der Waals surface area contributed by atoms with E-state index >= 15 is 0 Å². The van der Waals surface area contributed by atoms with Crippen LogP contribution in [0.15, 0.2) is 36.5 Å². The molecule has 0 spiro atoms. The summed E-state index contributed by atoms with van der Waals surface area (Å²) in [5.41, 5.74) is 4.81. The zero-order valence-electron chi connectivity index (χ0n) is 14.0. The molecule has 0 aliphatic carbocycles. The molecule has 0 amide bonds. The Kier molecular flexibility index (Phi) is 3.87. The van der Waals surface area contributed by atoms with E-state index in [1.165, 1.54) is 42.9 Å². The topological polar surface area (TPSA) is 29.4 Å². The lowest BCUT2D eigenvalue weighted by Crippen LogP contribution is -2.33. The summed E-state index contributed by atoms with van der Waals surface area (Å²) in [5, 5.41) is 3.57. The van der Waals surface area contributed by atoms with Crippen molar-refractivity contribution in [3.8, 4) is 5.69 Å². The first-order chi connectivity index (χ1) is 11.2. The Balaban J connectivity index is 1.50. The van der Waals surface area contributed by atoms with Crippen LogP contribution in [0.1, 0.15) is 30.3 Å². The predicted molar refractivity (Wildman–Crippen MR) is 93.0 cm³/mol. The van der Waals surface area contributed by atoms with E-state index in [4.69, 9.17) is 4.74 Å². The van der Waals surface area contributed by atoms with Gasteiger partial charge in [-0.25, -0.2) is 0 Å². The van der Waals surface area contributed by atoms with Crippen molar-refractivity contribution >= 4 is 5.69 Å². The molecule has 23 heavy (non-hydrogen) atoms. The molecule has 1 aromatic heterocycles. The minimum absolute atomic E-state index is 0.0565. The molecule has 1 N–H and O–H groups in total. The number of piperidine rings is 1. The van der Waals surface area contributed by atoms with Gasteiger partial charge in [-0.05, 0) is 75.6 Å². The van der Waals surface area contributed by atoms with Crippen LogP contribution in [0.3, 0.4) is 0 Å². The second kappa shape index (κ2) is 6.02. The third-order valence-corrected chi connectivity index (χ3v) is 5.08. The molecule has 122 valence electrons. The summed E-state index contributed by atoms with van der Waals surface area (Å²) in [7, 11) is 2.20. The largest absolute Gasteiger partial charge is 0.353 e. The second-order valence-corrected chi connectivity index (χ2v) is 6.93. The summed E-state index contributed by atoms with van der Waals surface area (Å²) in [6, 6.07) is 10.8. The number of aryl methyl sites for hydroxylation is 1.